The molecule has 2 heterocycles. The van der Waals surface area contributed by atoms with E-state index in [1.54, 1.807) is 0 Å². The Morgan fingerprint density at radius 3 is 2.48 bits per heavy atom. The lowest BCUT2D eigenvalue weighted by molar-refractivity contribution is -0.139. The standard InChI is InChI=1S/C16H23BrN4O.ClH/c17-12-8-19-21(9-12)13-3-5-20(6-4-13)16(22)14-10-1-2-11(7-10)15(14)18;/h8-11,13-15H,1-7,18H2;1H. The first-order valence-corrected chi connectivity index (χ1v) is 9.17. The molecule has 128 valence electrons. The van der Waals surface area contributed by atoms with Crippen LogP contribution in [-0.4, -0.2) is 39.7 Å². The second kappa shape index (κ2) is 6.73. The van der Waals surface area contributed by atoms with Crippen LogP contribution in [0.2, 0.25) is 0 Å². The van der Waals surface area contributed by atoms with Gasteiger partial charge in [-0.05, 0) is 59.9 Å². The molecule has 3 aliphatic rings. The normalized spacial score (nSPS) is 33.7. The van der Waals surface area contributed by atoms with E-state index < -0.39 is 0 Å². The molecule has 23 heavy (non-hydrogen) atoms. The van der Waals surface area contributed by atoms with Crippen molar-refractivity contribution >= 4 is 34.2 Å². The van der Waals surface area contributed by atoms with Gasteiger partial charge in [-0.3, -0.25) is 9.48 Å². The fourth-order valence-corrected chi connectivity index (χ4v) is 5.08. The van der Waals surface area contributed by atoms with Gasteiger partial charge in [0.1, 0.15) is 0 Å². The second-order valence-electron chi connectivity index (χ2n) is 7.13. The third-order valence-corrected chi connectivity index (χ3v) is 6.40. The van der Waals surface area contributed by atoms with E-state index in [0.717, 1.165) is 30.4 Å². The molecule has 3 fully saturated rings. The Hall–Kier alpha value is -0.590. The molecule has 4 atom stereocenters. The van der Waals surface area contributed by atoms with Crippen molar-refractivity contribution in [2.45, 2.75) is 44.2 Å². The molecule has 1 amide bonds. The van der Waals surface area contributed by atoms with Crippen LogP contribution in [0.1, 0.15) is 38.1 Å². The number of likely N-dealkylation sites (tertiary alicyclic amines) is 1. The SMILES string of the molecule is Cl.NC1C2CCC(C2)C1C(=O)N1CCC(n2cc(Br)cn2)CC1. The topological polar surface area (TPSA) is 64.2 Å². The van der Waals surface area contributed by atoms with Crippen molar-refractivity contribution in [2.24, 2.45) is 23.5 Å². The van der Waals surface area contributed by atoms with Gasteiger partial charge in [0.25, 0.3) is 0 Å². The average Bonchev–Trinajstić information content (AvgIpc) is 3.23. The zero-order valence-corrected chi connectivity index (χ0v) is 15.5. The van der Waals surface area contributed by atoms with E-state index in [9.17, 15) is 4.79 Å². The predicted molar refractivity (Wildman–Crippen MR) is 94.3 cm³/mol. The molecule has 1 aliphatic heterocycles. The van der Waals surface area contributed by atoms with Crippen molar-refractivity contribution in [1.82, 2.24) is 14.7 Å². The molecule has 0 radical (unpaired) electrons. The van der Waals surface area contributed by atoms with Crippen LogP contribution in [0.25, 0.3) is 0 Å². The van der Waals surface area contributed by atoms with Crippen molar-refractivity contribution < 1.29 is 4.79 Å². The number of piperidine rings is 1. The first kappa shape index (κ1) is 17.2. The highest BCUT2D eigenvalue weighted by Gasteiger charge is 2.50. The van der Waals surface area contributed by atoms with Gasteiger partial charge in [0, 0.05) is 25.3 Å². The van der Waals surface area contributed by atoms with Gasteiger partial charge in [0.05, 0.1) is 22.6 Å². The number of nitrogens with two attached hydrogens (primary N) is 1. The van der Waals surface area contributed by atoms with E-state index in [4.69, 9.17) is 5.73 Å². The highest BCUT2D eigenvalue weighted by Crippen LogP contribution is 2.48. The molecule has 2 saturated carbocycles. The minimum absolute atomic E-state index is 0. The average molecular weight is 404 g/mol. The van der Waals surface area contributed by atoms with Gasteiger partial charge < -0.3 is 10.6 Å². The molecule has 2 N–H and O–H groups in total. The van der Waals surface area contributed by atoms with Crippen LogP contribution in [0.4, 0.5) is 0 Å². The van der Waals surface area contributed by atoms with Crippen molar-refractivity contribution in [2.75, 3.05) is 13.1 Å². The van der Waals surface area contributed by atoms with Crippen molar-refractivity contribution in [1.29, 1.82) is 0 Å². The number of hydrogen-bond donors (Lipinski definition) is 1. The van der Waals surface area contributed by atoms with Crippen LogP contribution < -0.4 is 5.73 Å². The smallest absolute Gasteiger partial charge is 0.227 e. The molecule has 2 bridgehead atoms. The number of rotatable bonds is 2. The van der Waals surface area contributed by atoms with Gasteiger partial charge in [0.2, 0.25) is 5.91 Å². The maximum atomic E-state index is 12.9. The molecular formula is C16H24BrClN4O. The number of fused-ring (bicyclic) bond motifs is 2. The lowest BCUT2D eigenvalue weighted by atomic mass is 9.83. The Bertz CT molecular complexity index is 570. The summed E-state index contributed by atoms with van der Waals surface area (Å²) in [5.74, 6) is 1.55. The van der Waals surface area contributed by atoms with Crippen molar-refractivity contribution in [3.05, 3.63) is 16.9 Å². The minimum Gasteiger partial charge on any atom is -0.342 e. The van der Waals surface area contributed by atoms with E-state index >= 15 is 0 Å². The maximum Gasteiger partial charge on any atom is 0.227 e. The Morgan fingerprint density at radius 1 is 1.22 bits per heavy atom. The summed E-state index contributed by atoms with van der Waals surface area (Å²) < 4.78 is 3.04. The molecule has 1 aromatic heterocycles. The Morgan fingerprint density at radius 2 is 1.91 bits per heavy atom. The summed E-state index contributed by atoms with van der Waals surface area (Å²) in [7, 11) is 0. The van der Waals surface area contributed by atoms with Crippen LogP contribution in [0.5, 0.6) is 0 Å². The highest BCUT2D eigenvalue weighted by atomic mass is 79.9. The zero-order chi connectivity index (χ0) is 15.3. The van der Waals surface area contributed by atoms with E-state index in [1.807, 2.05) is 17.1 Å². The quantitative estimate of drug-likeness (QED) is 0.825. The molecular weight excluding hydrogens is 380 g/mol. The van der Waals surface area contributed by atoms with Crippen molar-refractivity contribution in [3.63, 3.8) is 0 Å². The molecule has 0 aromatic carbocycles. The molecule has 4 unspecified atom stereocenters. The monoisotopic (exact) mass is 402 g/mol. The first-order valence-electron chi connectivity index (χ1n) is 8.37. The fraction of sp³-hybridized carbons (Fsp3) is 0.750. The van der Waals surface area contributed by atoms with Crippen LogP contribution >= 0.6 is 28.3 Å². The third kappa shape index (κ3) is 3.05. The number of carbonyl (C=O) groups is 1. The number of aromatic nitrogens is 2. The van der Waals surface area contributed by atoms with Crippen LogP contribution in [0.3, 0.4) is 0 Å². The molecule has 5 nitrogen and oxygen atoms in total. The Kier molecular flexibility index (Phi) is 5.04. The minimum atomic E-state index is 0. The zero-order valence-electron chi connectivity index (χ0n) is 13.1. The maximum absolute atomic E-state index is 12.9. The van der Waals surface area contributed by atoms with E-state index in [-0.39, 0.29) is 24.4 Å². The lowest BCUT2D eigenvalue weighted by Gasteiger charge is -2.37. The van der Waals surface area contributed by atoms with E-state index in [2.05, 4.69) is 25.9 Å². The Labute approximate surface area is 151 Å². The third-order valence-electron chi connectivity index (χ3n) is 5.99. The van der Waals surface area contributed by atoms with Crippen LogP contribution in [0, 0.1) is 17.8 Å². The van der Waals surface area contributed by atoms with Gasteiger partial charge >= 0.3 is 0 Å². The van der Waals surface area contributed by atoms with Gasteiger partial charge in [-0.15, -0.1) is 12.4 Å². The Balaban J connectivity index is 0.00000156. The summed E-state index contributed by atoms with van der Waals surface area (Å²) in [4.78, 5) is 14.9. The summed E-state index contributed by atoms with van der Waals surface area (Å²) >= 11 is 3.44. The lowest BCUT2D eigenvalue weighted by Crippen LogP contribution is -2.49. The molecule has 1 saturated heterocycles. The van der Waals surface area contributed by atoms with E-state index in [0.29, 0.717) is 23.8 Å². The molecule has 7 heteroatoms. The number of amides is 1. The fourth-order valence-electron chi connectivity index (χ4n) is 4.78. The second-order valence-corrected chi connectivity index (χ2v) is 8.05. The van der Waals surface area contributed by atoms with Crippen molar-refractivity contribution in [3.8, 4) is 0 Å². The summed E-state index contributed by atoms with van der Waals surface area (Å²) in [6.07, 6.45) is 9.42. The molecule has 2 aliphatic carbocycles. The number of hydrogen-bond acceptors (Lipinski definition) is 3. The molecule has 0 spiro atoms. The van der Waals surface area contributed by atoms with E-state index in [1.165, 1.54) is 19.3 Å². The number of halogens is 2. The van der Waals surface area contributed by atoms with Crippen LogP contribution in [-0.2, 0) is 4.79 Å². The number of carbonyl (C=O) groups excluding carboxylic acids is 1. The van der Waals surface area contributed by atoms with Crippen LogP contribution in [0.15, 0.2) is 16.9 Å². The summed E-state index contributed by atoms with van der Waals surface area (Å²) in [5.41, 5.74) is 6.33. The summed E-state index contributed by atoms with van der Waals surface area (Å²) in [5, 5.41) is 4.38. The van der Waals surface area contributed by atoms with Gasteiger partial charge in [0.15, 0.2) is 0 Å². The highest BCUT2D eigenvalue weighted by molar-refractivity contribution is 9.10. The summed E-state index contributed by atoms with van der Waals surface area (Å²) in [6.45, 7) is 1.67. The molecule has 4 rings (SSSR count). The first-order chi connectivity index (χ1) is 10.6. The van der Waals surface area contributed by atoms with Gasteiger partial charge in [-0.25, -0.2) is 0 Å². The molecule has 1 aromatic rings. The predicted octanol–water partition coefficient (Wildman–Crippen LogP) is 2.60. The summed E-state index contributed by atoms with van der Waals surface area (Å²) in [6, 6.07) is 0.509. The largest absolute Gasteiger partial charge is 0.342 e. The van der Waals surface area contributed by atoms with Gasteiger partial charge in [-0.2, -0.15) is 5.10 Å². The number of nitrogens with zero attached hydrogens (tertiary/aromatic N) is 3. The van der Waals surface area contributed by atoms with Gasteiger partial charge in [-0.1, -0.05) is 0 Å².